The minimum atomic E-state index is -0.639. The highest BCUT2D eigenvalue weighted by atomic mass is 16.6. The van der Waals surface area contributed by atoms with Crippen molar-refractivity contribution < 1.29 is 9.84 Å². The lowest BCUT2D eigenvalue weighted by atomic mass is 9.83. The molecule has 1 fully saturated rings. The van der Waals surface area contributed by atoms with Gasteiger partial charge < -0.3 is 9.84 Å². The molecule has 0 aromatic carbocycles. The molecule has 1 aliphatic carbocycles. The standard InChI is InChI=1S/C15H30O2/c1-6-12(3)15(10-8-9-11-15)17-13(16)14(4,5)7-2/h12-13,16H,6-11H2,1-5H3. The van der Waals surface area contributed by atoms with E-state index in [1.54, 1.807) is 0 Å². The third kappa shape index (κ3) is 3.23. The molecular formula is C15H30O2. The van der Waals surface area contributed by atoms with Crippen LogP contribution < -0.4 is 0 Å². The Hall–Kier alpha value is -0.0800. The van der Waals surface area contributed by atoms with Crippen LogP contribution in [0.4, 0.5) is 0 Å². The zero-order valence-electron chi connectivity index (χ0n) is 12.3. The fraction of sp³-hybridized carbons (Fsp3) is 1.00. The average molecular weight is 242 g/mol. The summed E-state index contributed by atoms with van der Waals surface area (Å²) in [6.45, 7) is 10.7. The van der Waals surface area contributed by atoms with Crippen molar-refractivity contribution in [2.45, 2.75) is 85.0 Å². The number of hydrogen-bond acceptors (Lipinski definition) is 2. The van der Waals surface area contributed by atoms with Crippen LogP contribution >= 0.6 is 0 Å². The molecule has 17 heavy (non-hydrogen) atoms. The zero-order chi connectivity index (χ0) is 13.1. The monoisotopic (exact) mass is 242 g/mol. The van der Waals surface area contributed by atoms with E-state index in [0.717, 1.165) is 25.7 Å². The van der Waals surface area contributed by atoms with E-state index in [9.17, 15) is 5.11 Å². The minimum Gasteiger partial charge on any atom is -0.367 e. The molecule has 102 valence electrons. The van der Waals surface area contributed by atoms with E-state index >= 15 is 0 Å². The molecule has 0 spiro atoms. The average Bonchev–Trinajstić information content (AvgIpc) is 2.77. The molecule has 0 aromatic heterocycles. The van der Waals surface area contributed by atoms with Crippen LogP contribution in [0.5, 0.6) is 0 Å². The largest absolute Gasteiger partial charge is 0.367 e. The molecule has 2 atom stereocenters. The molecular weight excluding hydrogens is 212 g/mol. The molecule has 0 bridgehead atoms. The van der Waals surface area contributed by atoms with E-state index in [1.165, 1.54) is 12.8 Å². The Bertz CT molecular complexity index is 229. The van der Waals surface area contributed by atoms with Gasteiger partial charge in [-0.05, 0) is 25.2 Å². The van der Waals surface area contributed by atoms with E-state index in [4.69, 9.17) is 4.74 Å². The van der Waals surface area contributed by atoms with E-state index < -0.39 is 6.29 Å². The van der Waals surface area contributed by atoms with Crippen LogP contribution in [-0.2, 0) is 4.74 Å². The van der Waals surface area contributed by atoms with E-state index in [-0.39, 0.29) is 11.0 Å². The van der Waals surface area contributed by atoms with Crippen LogP contribution in [0.25, 0.3) is 0 Å². The number of aliphatic hydroxyl groups excluding tert-OH is 1. The first kappa shape index (κ1) is 15.0. The molecule has 2 heteroatoms. The molecule has 0 aliphatic heterocycles. The van der Waals surface area contributed by atoms with Crippen molar-refractivity contribution >= 4 is 0 Å². The van der Waals surface area contributed by atoms with Crippen molar-refractivity contribution in [3.8, 4) is 0 Å². The summed E-state index contributed by atoms with van der Waals surface area (Å²) in [7, 11) is 0. The summed E-state index contributed by atoms with van der Waals surface area (Å²) in [4.78, 5) is 0. The van der Waals surface area contributed by atoms with Gasteiger partial charge in [0, 0.05) is 5.41 Å². The second kappa shape index (κ2) is 5.71. The molecule has 1 rings (SSSR count). The van der Waals surface area contributed by atoms with Gasteiger partial charge in [-0.2, -0.15) is 0 Å². The SMILES string of the molecule is CCC(C)C1(OC(O)C(C)(C)CC)CCCC1. The maximum absolute atomic E-state index is 10.3. The summed E-state index contributed by atoms with van der Waals surface area (Å²) in [5, 5.41) is 10.3. The van der Waals surface area contributed by atoms with Crippen molar-refractivity contribution in [3.05, 3.63) is 0 Å². The smallest absolute Gasteiger partial charge is 0.160 e. The van der Waals surface area contributed by atoms with Crippen molar-refractivity contribution in [3.63, 3.8) is 0 Å². The number of rotatable bonds is 6. The second-order valence-corrected chi connectivity index (χ2v) is 6.39. The van der Waals surface area contributed by atoms with Crippen LogP contribution in [0.3, 0.4) is 0 Å². The molecule has 0 amide bonds. The molecule has 0 aromatic rings. The maximum Gasteiger partial charge on any atom is 0.160 e. The Labute approximate surface area is 107 Å². The molecule has 1 N–H and O–H groups in total. The number of ether oxygens (including phenoxy) is 1. The molecule has 2 unspecified atom stereocenters. The number of aliphatic hydroxyl groups is 1. The van der Waals surface area contributed by atoms with E-state index in [0.29, 0.717) is 5.92 Å². The molecule has 2 nitrogen and oxygen atoms in total. The van der Waals surface area contributed by atoms with E-state index in [1.807, 2.05) is 0 Å². The van der Waals surface area contributed by atoms with Crippen molar-refractivity contribution in [2.24, 2.45) is 11.3 Å². The van der Waals surface area contributed by atoms with Gasteiger partial charge in [0.1, 0.15) is 0 Å². The van der Waals surface area contributed by atoms with Crippen molar-refractivity contribution in [2.75, 3.05) is 0 Å². The third-order valence-corrected chi connectivity index (χ3v) is 4.89. The van der Waals surface area contributed by atoms with Gasteiger partial charge in [-0.25, -0.2) is 0 Å². The van der Waals surface area contributed by atoms with Gasteiger partial charge in [-0.15, -0.1) is 0 Å². The molecule has 1 saturated carbocycles. The predicted octanol–water partition coefficient (Wildman–Crippen LogP) is 4.12. The van der Waals surface area contributed by atoms with Gasteiger partial charge >= 0.3 is 0 Å². The Balaban J connectivity index is 2.74. The first-order valence-electron chi connectivity index (χ1n) is 7.24. The summed E-state index contributed by atoms with van der Waals surface area (Å²) in [6.07, 6.45) is 6.12. The van der Waals surface area contributed by atoms with Gasteiger partial charge in [0.05, 0.1) is 5.60 Å². The summed E-state index contributed by atoms with van der Waals surface area (Å²) in [5.41, 5.74) is -0.219. The molecule has 1 aliphatic rings. The zero-order valence-corrected chi connectivity index (χ0v) is 12.3. The van der Waals surface area contributed by atoms with E-state index in [2.05, 4.69) is 34.6 Å². The van der Waals surface area contributed by atoms with Gasteiger partial charge in [0.15, 0.2) is 6.29 Å². The Morgan fingerprint density at radius 2 is 1.76 bits per heavy atom. The Morgan fingerprint density at radius 1 is 1.24 bits per heavy atom. The highest BCUT2D eigenvalue weighted by molar-refractivity contribution is 4.91. The first-order chi connectivity index (χ1) is 7.88. The third-order valence-electron chi connectivity index (χ3n) is 4.89. The number of hydrogen-bond donors (Lipinski definition) is 1. The van der Waals surface area contributed by atoms with Gasteiger partial charge in [0.25, 0.3) is 0 Å². The Morgan fingerprint density at radius 3 is 2.18 bits per heavy atom. The van der Waals surface area contributed by atoms with Crippen LogP contribution in [0.2, 0.25) is 0 Å². The summed E-state index contributed by atoms with van der Waals surface area (Å²) in [5.74, 6) is 0.535. The molecule has 0 radical (unpaired) electrons. The van der Waals surface area contributed by atoms with Gasteiger partial charge in [0.2, 0.25) is 0 Å². The second-order valence-electron chi connectivity index (χ2n) is 6.39. The summed E-state index contributed by atoms with van der Waals surface area (Å²) < 4.78 is 6.16. The van der Waals surface area contributed by atoms with Gasteiger partial charge in [-0.3, -0.25) is 0 Å². The Kier molecular flexibility index (Phi) is 5.03. The first-order valence-corrected chi connectivity index (χ1v) is 7.24. The lowest BCUT2D eigenvalue weighted by Gasteiger charge is -2.41. The topological polar surface area (TPSA) is 29.5 Å². The molecule has 0 saturated heterocycles. The summed E-state index contributed by atoms with van der Waals surface area (Å²) >= 11 is 0. The highest BCUT2D eigenvalue weighted by Gasteiger charge is 2.43. The van der Waals surface area contributed by atoms with Crippen molar-refractivity contribution in [1.29, 1.82) is 0 Å². The maximum atomic E-state index is 10.3. The quantitative estimate of drug-likeness (QED) is 0.710. The fourth-order valence-electron chi connectivity index (χ4n) is 2.63. The molecule has 0 heterocycles. The lowest BCUT2D eigenvalue weighted by Crippen LogP contribution is -2.44. The van der Waals surface area contributed by atoms with Gasteiger partial charge in [-0.1, -0.05) is 53.9 Å². The minimum absolute atomic E-state index is 0.0688. The van der Waals surface area contributed by atoms with Crippen LogP contribution in [0, 0.1) is 11.3 Å². The fourth-order valence-corrected chi connectivity index (χ4v) is 2.63. The van der Waals surface area contributed by atoms with Crippen LogP contribution in [-0.4, -0.2) is 17.0 Å². The summed E-state index contributed by atoms with van der Waals surface area (Å²) in [6, 6.07) is 0. The van der Waals surface area contributed by atoms with Crippen LogP contribution in [0.1, 0.15) is 73.1 Å². The lowest BCUT2D eigenvalue weighted by molar-refractivity contribution is -0.244. The van der Waals surface area contributed by atoms with Crippen LogP contribution in [0.15, 0.2) is 0 Å². The predicted molar refractivity (Wildman–Crippen MR) is 71.8 cm³/mol. The van der Waals surface area contributed by atoms with Crippen molar-refractivity contribution in [1.82, 2.24) is 0 Å². The highest BCUT2D eigenvalue weighted by Crippen LogP contribution is 2.43. The normalized spacial score (nSPS) is 23.6.